The molecule has 140 valence electrons. The maximum atomic E-state index is 13.2. The molecule has 0 aliphatic rings. The van der Waals surface area contributed by atoms with Crippen molar-refractivity contribution in [3.05, 3.63) is 88.3 Å². The Morgan fingerprint density at radius 3 is 2.33 bits per heavy atom. The Kier molecular flexibility index (Phi) is 5.77. The van der Waals surface area contributed by atoms with E-state index in [2.05, 4.69) is 5.32 Å². The Hall–Kier alpha value is -2.44. The van der Waals surface area contributed by atoms with E-state index in [1.165, 1.54) is 11.3 Å². The number of benzene rings is 2. The molecule has 0 aliphatic carbocycles. The summed E-state index contributed by atoms with van der Waals surface area (Å²) in [6.07, 6.45) is 0. The number of hydrogen-bond acceptors (Lipinski definition) is 4. The fraction of sp³-hybridized carbons (Fsp3) is 0.190. The summed E-state index contributed by atoms with van der Waals surface area (Å²) in [4.78, 5) is 12.6. The Balaban J connectivity index is 1.90. The van der Waals surface area contributed by atoms with Gasteiger partial charge in [0.25, 0.3) is 5.91 Å². The van der Waals surface area contributed by atoms with Crippen LogP contribution in [0, 0.1) is 13.8 Å². The zero-order valence-electron chi connectivity index (χ0n) is 15.2. The zero-order chi connectivity index (χ0) is 19.4. The van der Waals surface area contributed by atoms with Crippen molar-refractivity contribution in [2.45, 2.75) is 23.3 Å². The summed E-state index contributed by atoms with van der Waals surface area (Å²) in [6.45, 7) is 3.82. The third kappa shape index (κ3) is 4.28. The Bertz CT molecular complexity index is 1020. The summed E-state index contributed by atoms with van der Waals surface area (Å²) in [6, 6.07) is 18.0. The molecular weight excluding hydrogens is 378 g/mol. The van der Waals surface area contributed by atoms with Crippen molar-refractivity contribution in [2.75, 3.05) is 6.54 Å². The van der Waals surface area contributed by atoms with Crippen LogP contribution in [0.25, 0.3) is 0 Å². The highest BCUT2D eigenvalue weighted by atomic mass is 32.2. The first kappa shape index (κ1) is 19.3. The molecule has 1 heterocycles. The first-order chi connectivity index (χ1) is 12.9. The minimum Gasteiger partial charge on any atom is -0.350 e. The molecule has 27 heavy (non-hydrogen) atoms. The lowest BCUT2D eigenvalue weighted by Gasteiger charge is -2.19. The van der Waals surface area contributed by atoms with Crippen LogP contribution >= 0.6 is 11.3 Å². The van der Waals surface area contributed by atoms with Crippen molar-refractivity contribution in [1.82, 2.24) is 5.32 Å². The summed E-state index contributed by atoms with van der Waals surface area (Å²) < 4.78 is 26.6. The summed E-state index contributed by atoms with van der Waals surface area (Å²) in [7, 11) is -3.61. The monoisotopic (exact) mass is 399 g/mol. The highest BCUT2D eigenvalue weighted by Crippen LogP contribution is 2.31. The van der Waals surface area contributed by atoms with Crippen molar-refractivity contribution in [1.29, 1.82) is 0 Å². The molecule has 1 amide bonds. The Morgan fingerprint density at radius 1 is 1.00 bits per heavy atom. The number of sulfone groups is 1. The molecule has 0 radical (unpaired) electrons. The average Bonchev–Trinajstić information content (AvgIpc) is 3.19. The second kappa shape index (κ2) is 8.06. The topological polar surface area (TPSA) is 63.2 Å². The van der Waals surface area contributed by atoms with E-state index < -0.39 is 15.1 Å². The minimum atomic E-state index is -3.61. The standard InChI is InChI=1S/C21H21NO3S2/c1-15-9-11-17(12-10-15)19(27(24,25)20-8-5-13-26-20)14-22-21(23)18-7-4-3-6-16(18)2/h3-13,19H,14H2,1-2H3,(H,22,23)/t19-/m0/s1. The first-order valence-corrected chi connectivity index (χ1v) is 11.0. The lowest BCUT2D eigenvalue weighted by Crippen LogP contribution is -2.32. The number of hydrogen-bond donors (Lipinski definition) is 1. The molecule has 1 aromatic heterocycles. The van der Waals surface area contributed by atoms with Gasteiger partial charge < -0.3 is 5.32 Å². The molecule has 0 aliphatic heterocycles. The predicted octanol–water partition coefficient (Wildman–Crippen LogP) is 4.31. The van der Waals surface area contributed by atoms with Gasteiger partial charge in [0.2, 0.25) is 0 Å². The molecular formula is C21H21NO3S2. The van der Waals surface area contributed by atoms with Crippen molar-refractivity contribution in [3.63, 3.8) is 0 Å². The van der Waals surface area contributed by atoms with Crippen LogP contribution in [0.3, 0.4) is 0 Å². The molecule has 0 saturated heterocycles. The average molecular weight is 400 g/mol. The lowest BCUT2D eigenvalue weighted by atomic mass is 10.1. The van der Waals surface area contributed by atoms with Gasteiger partial charge in [-0.25, -0.2) is 8.42 Å². The molecule has 0 saturated carbocycles. The van der Waals surface area contributed by atoms with Crippen molar-refractivity contribution in [3.8, 4) is 0 Å². The number of thiophene rings is 1. The van der Waals surface area contributed by atoms with Gasteiger partial charge in [0.1, 0.15) is 9.46 Å². The van der Waals surface area contributed by atoms with E-state index in [9.17, 15) is 13.2 Å². The third-order valence-electron chi connectivity index (χ3n) is 4.44. The van der Waals surface area contributed by atoms with Gasteiger partial charge in [0.05, 0.1) is 0 Å². The number of carbonyl (C=O) groups excluding carboxylic acids is 1. The smallest absolute Gasteiger partial charge is 0.251 e. The van der Waals surface area contributed by atoms with E-state index >= 15 is 0 Å². The minimum absolute atomic E-state index is 0.0104. The first-order valence-electron chi connectivity index (χ1n) is 8.57. The molecule has 0 fully saturated rings. The SMILES string of the molecule is Cc1ccc([C@H](CNC(=O)c2ccccc2C)S(=O)(=O)c2cccs2)cc1. The highest BCUT2D eigenvalue weighted by Gasteiger charge is 2.30. The second-order valence-corrected chi connectivity index (χ2v) is 9.71. The molecule has 4 nitrogen and oxygen atoms in total. The van der Waals surface area contributed by atoms with Gasteiger partial charge in [0.15, 0.2) is 9.84 Å². The molecule has 1 N–H and O–H groups in total. The maximum absolute atomic E-state index is 13.2. The maximum Gasteiger partial charge on any atom is 0.251 e. The van der Waals surface area contributed by atoms with E-state index in [1.807, 2.05) is 50.2 Å². The van der Waals surface area contributed by atoms with Crippen LogP contribution in [0.1, 0.15) is 32.3 Å². The van der Waals surface area contributed by atoms with Crippen LogP contribution in [0.5, 0.6) is 0 Å². The third-order valence-corrected chi connectivity index (χ3v) is 7.97. The van der Waals surface area contributed by atoms with Crippen molar-refractivity contribution < 1.29 is 13.2 Å². The number of amides is 1. The van der Waals surface area contributed by atoms with Crippen molar-refractivity contribution >= 4 is 27.1 Å². The van der Waals surface area contributed by atoms with Crippen molar-refractivity contribution in [2.24, 2.45) is 0 Å². The summed E-state index contributed by atoms with van der Waals surface area (Å²) >= 11 is 1.19. The molecule has 3 aromatic rings. The van der Waals surface area contributed by atoms with Crippen LogP contribution < -0.4 is 5.32 Å². The van der Waals surface area contributed by atoms with Gasteiger partial charge >= 0.3 is 0 Å². The molecule has 1 atom stereocenters. The Morgan fingerprint density at radius 2 is 1.70 bits per heavy atom. The lowest BCUT2D eigenvalue weighted by molar-refractivity contribution is 0.0953. The predicted molar refractivity (Wildman–Crippen MR) is 109 cm³/mol. The second-order valence-electron chi connectivity index (χ2n) is 6.40. The summed E-state index contributed by atoms with van der Waals surface area (Å²) in [5.74, 6) is -0.272. The highest BCUT2D eigenvalue weighted by molar-refractivity contribution is 7.93. The van der Waals surface area contributed by atoms with E-state index in [-0.39, 0.29) is 12.5 Å². The Labute approximate surface area is 163 Å². The van der Waals surface area contributed by atoms with Crippen LogP contribution in [-0.2, 0) is 9.84 Å². The van der Waals surface area contributed by atoms with Gasteiger partial charge in [-0.15, -0.1) is 11.3 Å². The number of carbonyl (C=O) groups is 1. The fourth-order valence-corrected chi connectivity index (χ4v) is 5.73. The molecule has 3 rings (SSSR count). The molecule has 0 bridgehead atoms. The van der Waals surface area contributed by atoms with E-state index in [0.29, 0.717) is 15.3 Å². The van der Waals surface area contributed by atoms with E-state index in [0.717, 1.165) is 11.1 Å². The summed E-state index contributed by atoms with van der Waals surface area (Å²) in [5.41, 5.74) is 3.12. The van der Waals surface area contributed by atoms with Gasteiger partial charge in [0, 0.05) is 12.1 Å². The molecule has 6 heteroatoms. The van der Waals surface area contributed by atoms with Gasteiger partial charge in [-0.1, -0.05) is 54.1 Å². The summed E-state index contributed by atoms with van der Waals surface area (Å²) in [5, 5.41) is 3.71. The van der Waals surface area contributed by atoms with Crippen LogP contribution in [-0.4, -0.2) is 20.9 Å². The van der Waals surface area contributed by atoms with Gasteiger partial charge in [-0.05, 0) is 42.5 Å². The quantitative estimate of drug-likeness (QED) is 0.672. The van der Waals surface area contributed by atoms with Crippen LogP contribution in [0.4, 0.5) is 0 Å². The normalized spacial score (nSPS) is 12.5. The van der Waals surface area contributed by atoms with Gasteiger partial charge in [-0.3, -0.25) is 4.79 Å². The van der Waals surface area contributed by atoms with E-state index in [4.69, 9.17) is 0 Å². The molecule has 0 spiro atoms. The number of nitrogens with one attached hydrogen (secondary N) is 1. The van der Waals surface area contributed by atoms with Gasteiger partial charge in [-0.2, -0.15) is 0 Å². The van der Waals surface area contributed by atoms with Crippen LogP contribution in [0.2, 0.25) is 0 Å². The molecule has 0 unspecified atom stereocenters. The number of rotatable bonds is 6. The van der Waals surface area contributed by atoms with E-state index in [1.54, 1.807) is 29.6 Å². The fourth-order valence-electron chi connectivity index (χ4n) is 2.86. The zero-order valence-corrected chi connectivity index (χ0v) is 16.8. The molecule has 2 aromatic carbocycles. The largest absolute Gasteiger partial charge is 0.350 e. The number of aryl methyl sites for hydroxylation is 2. The van der Waals surface area contributed by atoms with Crippen LogP contribution in [0.15, 0.2) is 70.3 Å².